The van der Waals surface area contributed by atoms with E-state index in [1.165, 1.54) is 65.2 Å². The first-order valence-electron chi connectivity index (χ1n) is 11.1. The van der Waals surface area contributed by atoms with Gasteiger partial charge >= 0.3 is 17.9 Å². The highest BCUT2D eigenvalue weighted by molar-refractivity contribution is 8.48. The SMILES string of the molecule is CCCCSC(=S)SC(C)C(=O)Oc1cc(OC(=O)C(C)SC(=S)SCCCC)cc(C(=O)O)c1. The van der Waals surface area contributed by atoms with Crippen LogP contribution >= 0.6 is 71.5 Å². The molecule has 12 heteroatoms. The monoisotopic (exact) mass is 594 g/mol. The molecule has 0 spiro atoms. The summed E-state index contributed by atoms with van der Waals surface area (Å²) in [5.74, 6) is -0.678. The molecule has 1 N–H and O–H groups in total. The molecule has 1 rings (SSSR count). The van der Waals surface area contributed by atoms with Crippen LogP contribution in [0.25, 0.3) is 0 Å². The quantitative estimate of drug-likeness (QED) is 0.110. The van der Waals surface area contributed by atoms with Crippen LogP contribution in [-0.2, 0) is 9.59 Å². The fourth-order valence-corrected chi connectivity index (χ4v) is 7.61. The molecule has 6 nitrogen and oxygen atoms in total. The largest absolute Gasteiger partial charge is 0.478 e. The summed E-state index contributed by atoms with van der Waals surface area (Å²) < 4.78 is 12.1. The third kappa shape index (κ3) is 13.4. The summed E-state index contributed by atoms with van der Waals surface area (Å²) in [6, 6.07) is 3.74. The van der Waals surface area contributed by atoms with Crippen molar-refractivity contribution >= 4 is 96.4 Å². The van der Waals surface area contributed by atoms with Gasteiger partial charge in [0.1, 0.15) is 29.1 Å². The van der Waals surface area contributed by atoms with Crippen molar-refractivity contribution in [2.45, 2.75) is 63.9 Å². The Hall–Kier alpha value is -0.790. The number of carboxylic acid groups (broad SMARTS) is 1. The molecule has 194 valence electrons. The number of rotatable bonds is 13. The lowest BCUT2D eigenvalue weighted by molar-refractivity contribution is -0.133. The molecule has 0 aliphatic heterocycles. The van der Waals surface area contributed by atoms with E-state index >= 15 is 0 Å². The van der Waals surface area contributed by atoms with Gasteiger partial charge in [-0.25, -0.2) is 4.79 Å². The van der Waals surface area contributed by atoms with E-state index in [2.05, 4.69) is 13.8 Å². The fourth-order valence-electron chi connectivity index (χ4n) is 2.26. The minimum absolute atomic E-state index is 0.0272. The van der Waals surface area contributed by atoms with Gasteiger partial charge in [-0.1, -0.05) is 74.6 Å². The van der Waals surface area contributed by atoms with Gasteiger partial charge in [-0.15, -0.1) is 23.5 Å². The fraction of sp³-hybridized carbons (Fsp3) is 0.522. The summed E-state index contributed by atoms with van der Waals surface area (Å²) in [5, 5.41) is 8.27. The Morgan fingerprint density at radius 3 is 1.57 bits per heavy atom. The lowest BCUT2D eigenvalue weighted by atomic mass is 10.2. The number of hydrogen-bond acceptors (Lipinski definition) is 11. The number of benzene rings is 1. The lowest BCUT2D eigenvalue weighted by Gasteiger charge is -2.14. The minimum Gasteiger partial charge on any atom is -0.478 e. The van der Waals surface area contributed by atoms with Crippen molar-refractivity contribution in [2.24, 2.45) is 0 Å². The smallest absolute Gasteiger partial charge is 0.335 e. The van der Waals surface area contributed by atoms with Crippen molar-refractivity contribution in [1.82, 2.24) is 0 Å². The number of carbonyl (C=O) groups is 3. The topological polar surface area (TPSA) is 89.9 Å². The van der Waals surface area contributed by atoms with Gasteiger partial charge in [-0.05, 0) is 50.3 Å². The van der Waals surface area contributed by atoms with Gasteiger partial charge in [0.15, 0.2) is 0 Å². The summed E-state index contributed by atoms with van der Waals surface area (Å²) in [6.45, 7) is 7.52. The molecule has 2 atom stereocenters. The van der Waals surface area contributed by atoms with Crippen LogP contribution in [-0.4, -0.2) is 52.1 Å². The van der Waals surface area contributed by atoms with Crippen LogP contribution < -0.4 is 9.47 Å². The highest BCUT2D eigenvalue weighted by atomic mass is 32.2. The van der Waals surface area contributed by atoms with E-state index in [4.69, 9.17) is 33.9 Å². The van der Waals surface area contributed by atoms with E-state index in [0.29, 0.717) is 7.06 Å². The molecule has 35 heavy (non-hydrogen) atoms. The van der Waals surface area contributed by atoms with Crippen LogP contribution in [0.2, 0.25) is 0 Å². The predicted molar refractivity (Wildman–Crippen MR) is 159 cm³/mol. The second-order valence-electron chi connectivity index (χ2n) is 7.26. The van der Waals surface area contributed by atoms with Crippen molar-refractivity contribution in [3.8, 4) is 11.5 Å². The Morgan fingerprint density at radius 2 is 1.23 bits per heavy atom. The van der Waals surface area contributed by atoms with Crippen LogP contribution in [0, 0.1) is 0 Å². The molecule has 0 aliphatic rings. The number of unbranched alkanes of at least 4 members (excludes halogenated alkanes) is 2. The average Bonchev–Trinajstić information content (AvgIpc) is 2.79. The molecule has 0 aromatic heterocycles. The summed E-state index contributed by atoms with van der Waals surface area (Å²) in [4.78, 5) is 36.6. The summed E-state index contributed by atoms with van der Waals surface area (Å²) in [7, 11) is 0. The molecule has 2 unspecified atom stereocenters. The van der Waals surface area contributed by atoms with Gasteiger partial charge in [0.25, 0.3) is 0 Å². The average molecular weight is 595 g/mol. The zero-order valence-corrected chi connectivity index (χ0v) is 25.0. The van der Waals surface area contributed by atoms with Crippen molar-refractivity contribution in [1.29, 1.82) is 0 Å². The number of aromatic carboxylic acids is 1. The number of ether oxygens (including phenoxy) is 2. The summed E-state index contributed by atoms with van der Waals surface area (Å²) in [6.07, 6.45) is 4.20. The maximum atomic E-state index is 12.5. The molecule has 0 saturated carbocycles. The normalized spacial score (nSPS) is 12.5. The predicted octanol–water partition coefficient (Wildman–Crippen LogP) is 7.08. The zero-order valence-electron chi connectivity index (χ0n) is 20.1. The van der Waals surface area contributed by atoms with E-state index in [-0.39, 0.29) is 17.1 Å². The van der Waals surface area contributed by atoms with Crippen molar-refractivity contribution in [2.75, 3.05) is 11.5 Å². The van der Waals surface area contributed by atoms with Gasteiger partial charge in [0, 0.05) is 6.07 Å². The van der Waals surface area contributed by atoms with E-state index in [1.54, 1.807) is 13.8 Å². The number of thiocarbonyl (C=S) groups is 2. The van der Waals surface area contributed by atoms with Gasteiger partial charge in [-0.2, -0.15) is 0 Å². The maximum absolute atomic E-state index is 12.5. The molecular weight excluding hydrogens is 565 g/mol. The molecule has 0 radical (unpaired) electrons. The van der Waals surface area contributed by atoms with Crippen LogP contribution in [0.15, 0.2) is 18.2 Å². The molecule has 0 saturated heterocycles. The summed E-state index contributed by atoms with van der Waals surface area (Å²) >= 11 is 16.1. The lowest BCUT2D eigenvalue weighted by Crippen LogP contribution is -2.22. The highest BCUT2D eigenvalue weighted by Crippen LogP contribution is 2.29. The second kappa shape index (κ2) is 17.6. The van der Waals surface area contributed by atoms with Crippen molar-refractivity contribution < 1.29 is 29.0 Å². The third-order valence-electron chi connectivity index (χ3n) is 4.21. The number of hydrogen-bond donors (Lipinski definition) is 1. The number of carbonyl (C=O) groups excluding carboxylic acids is 2. The highest BCUT2D eigenvalue weighted by Gasteiger charge is 2.22. The molecule has 0 bridgehead atoms. The molecule has 1 aromatic carbocycles. The van der Waals surface area contributed by atoms with Gasteiger partial charge in [-0.3, -0.25) is 9.59 Å². The van der Waals surface area contributed by atoms with E-state index in [1.807, 2.05) is 0 Å². The first-order valence-corrected chi connectivity index (χ1v) is 15.6. The Kier molecular flexibility index (Phi) is 16.2. The van der Waals surface area contributed by atoms with Gasteiger partial charge < -0.3 is 14.6 Å². The minimum atomic E-state index is -1.24. The Balaban J connectivity index is 2.81. The first-order chi connectivity index (χ1) is 16.6. The third-order valence-corrected chi connectivity index (χ3v) is 9.71. The van der Waals surface area contributed by atoms with E-state index in [0.717, 1.165) is 37.2 Å². The van der Waals surface area contributed by atoms with E-state index in [9.17, 15) is 19.5 Å². The molecule has 0 heterocycles. The molecule has 0 fully saturated rings. The van der Waals surface area contributed by atoms with Crippen LogP contribution in [0.4, 0.5) is 0 Å². The molecule has 0 amide bonds. The van der Waals surface area contributed by atoms with Crippen LogP contribution in [0.3, 0.4) is 0 Å². The van der Waals surface area contributed by atoms with E-state index < -0.39 is 28.4 Å². The first kappa shape index (κ1) is 32.2. The van der Waals surface area contributed by atoms with Crippen LogP contribution in [0.1, 0.15) is 63.7 Å². The molecule has 1 aromatic rings. The Labute approximate surface area is 234 Å². The zero-order chi connectivity index (χ0) is 26.4. The van der Waals surface area contributed by atoms with Crippen LogP contribution in [0.5, 0.6) is 11.5 Å². The standard InChI is InChI=1S/C23H30O6S6/c1-5-7-9-32-22(30)34-14(3)20(26)28-17-11-16(19(24)25)12-18(13-17)29-21(27)15(4)35-23(31)33-10-8-6-2/h11-15H,5-10H2,1-4H3,(H,24,25). The Morgan fingerprint density at radius 1 is 0.829 bits per heavy atom. The summed E-state index contributed by atoms with van der Waals surface area (Å²) in [5.41, 5.74) is -0.171. The molecular formula is C23H30O6S6. The van der Waals surface area contributed by atoms with Crippen molar-refractivity contribution in [3.63, 3.8) is 0 Å². The molecule has 0 aliphatic carbocycles. The van der Waals surface area contributed by atoms with Crippen molar-refractivity contribution in [3.05, 3.63) is 23.8 Å². The second-order valence-corrected chi connectivity index (χ2v) is 14.5. The van der Waals surface area contributed by atoms with Gasteiger partial charge in [0.2, 0.25) is 0 Å². The van der Waals surface area contributed by atoms with Gasteiger partial charge in [0.05, 0.1) is 5.56 Å². The maximum Gasteiger partial charge on any atom is 0.335 e. The number of carboxylic acids is 1. The number of esters is 2. The number of thioether (sulfide) groups is 4. The Bertz CT molecular complexity index is 844.